The van der Waals surface area contributed by atoms with E-state index in [0.717, 1.165) is 25.2 Å². The van der Waals surface area contributed by atoms with Crippen molar-refractivity contribution in [2.24, 2.45) is 13.0 Å². The molecular weight excluding hydrogens is 328 g/mol. The van der Waals surface area contributed by atoms with Gasteiger partial charge in [-0.25, -0.2) is 0 Å². The van der Waals surface area contributed by atoms with E-state index < -0.39 is 0 Å². The van der Waals surface area contributed by atoms with Gasteiger partial charge in [0.25, 0.3) is 5.89 Å². The summed E-state index contributed by atoms with van der Waals surface area (Å²) in [7, 11) is 2.02. The van der Waals surface area contributed by atoms with E-state index in [1.165, 1.54) is 18.5 Å². The molecule has 0 aromatic carbocycles. The predicted octanol–water partition coefficient (Wildman–Crippen LogP) is 3.80. The molecule has 26 heavy (non-hydrogen) atoms. The molecule has 1 aliphatic heterocycles. The van der Waals surface area contributed by atoms with Crippen LogP contribution in [0.3, 0.4) is 0 Å². The van der Waals surface area contributed by atoms with Gasteiger partial charge in [-0.3, -0.25) is 4.90 Å². The summed E-state index contributed by atoms with van der Waals surface area (Å²) in [5.74, 6) is 1.77. The highest BCUT2D eigenvalue weighted by Gasteiger charge is 2.30. The number of nitrogens with zero attached hydrogens (tertiary/aromatic N) is 4. The maximum Gasteiger partial charge on any atom is 0.264 e. The summed E-state index contributed by atoms with van der Waals surface area (Å²) in [6.07, 6.45) is 4.10. The largest absolute Gasteiger partial charge is 0.418 e. The number of rotatable bonds is 7. The Kier molecular flexibility index (Phi) is 6.14. The van der Waals surface area contributed by atoms with Gasteiger partial charge in [0, 0.05) is 25.8 Å². The van der Waals surface area contributed by atoms with Gasteiger partial charge in [0.1, 0.15) is 5.69 Å². The number of ether oxygens (including phenoxy) is 1. The van der Waals surface area contributed by atoms with Crippen molar-refractivity contribution < 1.29 is 9.15 Å². The minimum atomic E-state index is 0.267. The van der Waals surface area contributed by atoms with E-state index >= 15 is 0 Å². The summed E-state index contributed by atoms with van der Waals surface area (Å²) < 4.78 is 14.3. The minimum Gasteiger partial charge on any atom is -0.418 e. The van der Waals surface area contributed by atoms with Crippen LogP contribution in [0.15, 0.2) is 16.5 Å². The number of morpholine rings is 1. The molecule has 0 aliphatic carbocycles. The molecule has 2 atom stereocenters. The van der Waals surface area contributed by atoms with Crippen LogP contribution in [0.2, 0.25) is 0 Å². The van der Waals surface area contributed by atoms with Crippen molar-refractivity contribution in [2.45, 2.75) is 65.7 Å². The Bertz CT molecular complexity index is 706. The van der Waals surface area contributed by atoms with Crippen molar-refractivity contribution in [3.05, 3.63) is 23.7 Å². The van der Waals surface area contributed by atoms with Crippen molar-refractivity contribution in [3.63, 3.8) is 0 Å². The first-order chi connectivity index (χ1) is 12.5. The Labute approximate surface area is 156 Å². The van der Waals surface area contributed by atoms with Gasteiger partial charge < -0.3 is 13.7 Å². The second-order valence-corrected chi connectivity index (χ2v) is 7.80. The summed E-state index contributed by atoms with van der Waals surface area (Å²) in [5, 5.41) is 8.54. The van der Waals surface area contributed by atoms with E-state index in [1.54, 1.807) is 0 Å². The maximum atomic E-state index is 6.30. The third-order valence-corrected chi connectivity index (χ3v) is 5.31. The Morgan fingerprint density at radius 3 is 2.69 bits per heavy atom. The topological polar surface area (TPSA) is 56.3 Å². The molecule has 0 bridgehead atoms. The molecule has 1 saturated heterocycles. The normalized spacial score (nSPS) is 21.6. The van der Waals surface area contributed by atoms with Gasteiger partial charge in [0.15, 0.2) is 0 Å². The molecule has 6 nitrogen and oxygen atoms in total. The molecule has 0 amide bonds. The molecule has 3 heterocycles. The monoisotopic (exact) mass is 360 g/mol. The number of aromatic nitrogens is 3. The van der Waals surface area contributed by atoms with Crippen LogP contribution in [0.4, 0.5) is 0 Å². The summed E-state index contributed by atoms with van der Waals surface area (Å²) in [5.41, 5.74) is 2.13. The lowest BCUT2D eigenvalue weighted by atomic mass is 10.0. The van der Waals surface area contributed by atoms with Gasteiger partial charge in [0.05, 0.1) is 18.8 Å². The van der Waals surface area contributed by atoms with Crippen molar-refractivity contribution in [2.75, 3.05) is 13.1 Å². The van der Waals surface area contributed by atoms with Gasteiger partial charge >= 0.3 is 0 Å². The summed E-state index contributed by atoms with van der Waals surface area (Å²) in [4.78, 5) is 2.40. The molecule has 0 N–H and O–H groups in total. The van der Waals surface area contributed by atoms with Crippen LogP contribution in [-0.2, 0) is 18.3 Å². The highest BCUT2D eigenvalue weighted by molar-refractivity contribution is 5.48. The van der Waals surface area contributed by atoms with Gasteiger partial charge in [-0.1, -0.05) is 33.6 Å². The Morgan fingerprint density at radius 1 is 1.23 bits per heavy atom. The first kappa shape index (κ1) is 19.1. The lowest BCUT2D eigenvalue weighted by Crippen LogP contribution is -2.49. The lowest BCUT2D eigenvalue weighted by Gasteiger charge is -2.39. The van der Waals surface area contributed by atoms with Crippen molar-refractivity contribution >= 4 is 0 Å². The van der Waals surface area contributed by atoms with E-state index in [2.05, 4.69) is 53.4 Å². The molecule has 144 valence electrons. The highest BCUT2D eigenvalue weighted by Crippen LogP contribution is 2.24. The van der Waals surface area contributed by atoms with Crippen LogP contribution in [0.1, 0.15) is 51.6 Å². The zero-order valence-electron chi connectivity index (χ0n) is 16.7. The summed E-state index contributed by atoms with van der Waals surface area (Å²) >= 11 is 0. The highest BCUT2D eigenvalue weighted by atomic mass is 16.5. The molecule has 0 spiro atoms. The van der Waals surface area contributed by atoms with Gasteiger partial charge in [0.2, 0.25) is 5.89 Å². The maximum absolute atomic E-state index is 6.30. The van der Waals surface area contributed by atoms with Gasteiger partial charge in [-0.05, 0) is 31.4 Å². The van der Waals surface area contributed by atoms with Crippen LogP contribution in [-0.4, -0.2) is 45.0 Å². The SMILES string of the molecule is CCCC[C@@H]1CN(Cc2nnc(-c3ccc(C)n3C)o2)C[C@H](C(C)C)O1. The fourth-order valence-corrected chi connectivity index (χ4v) is 3.48. The van der Waals surface area contributed by atoms with Crippen LogP contribution < -0.4 is 0 Å². The van der Waals surface area contributed by atoms with Crippen LogP contribution in [0, 0.1) is 12.8 Å². The van der Waals surface area contributed by atoms with E-state index in [-0.39, 0.29) is 6.10 Å². The van der Waals surface area contributed by atoms with Gasteiger partial charge in [-0.2, -0.15) is 0 Å². The third-order valence-electron chi connectivity index (χ3n) is 5.31. The van der Waals surface area contributed by atoms with Crippen molar-refractivity contribution in [1.29, 1.82) is 0 Å². The van der Waals surface area contributed by atoms with Gasteiger partial charge in [-0.15, -0.1) is 10.2 Å². The van der Waals surface area contributed by atoms with Crippen molar-refractivity contribution in [3.8, 4) is 11.6 Å². The second kappa shape index (κ2) is 8.35. The molecule has 3 rings (SSSR count). The molecule has 2 aromatic heterocycles. The molecule has 2 aromatic rings. The summed E-state index contributed by atoms with van der Waals surface area (Å²) in [6.45, 7) is 11.3. The molecule has 1 fully saturated rings. The fraction of sp³-hybridized carbons (Fsp3) is 0.700. The molecule has 0 unspecified atom stereocenters. The summed E-state index contributed by atoms with van der Waals surface area (Å²) in [6, 6.07) is 4.09. The Balaban J connectivity index is 1.68. The van der Waals surface area contributed by atoms with Crippen LogP contribution in [0.5, 0.6) is 0 Å². The molecule has 0 radical (unpaired) electrons. The first-order valence-corrected chi connectivity index (χ1v) is 9.80. The number of hydrogen-bond acceptors (Lipinski definition) is 5. The standard InChI is InChI=1S/C20H32N4O2/c1-6-7-8-16-11-24(12-18(25-16)14(2)3)13-19-21-22-20(26-19)17-10-9-15(4)23(17)5/h9-10,14,16,18H,6-8,11-13H2,1-5H3/t16-,18-/m1/s1. The van der Waals surface area contributed by atoms with Crippen molar-refractivity contribution in [1.82, 2.24) is 19.7 Å². The van der Waals surface area contributed by atoms with E-state index in [1.807, 2.05) is 13.1 Å². The number of hydrogen-bond donors (Lipinski definition) is 0. The Morgan fingerprint density at radius 2 is 2.04 bits per heavy atom. The Hall–Kier alpha value is -1.66. The molecule has 6 heteroatoms. The zero-order chi connectivity index (χ0) is 18.7. The second-order valence-electron chi connectivity index (χ2n) is 7.80. The molecular formula is C20H32N4O2. The first-order valence-electron chi connectivity index (χ1n) is 9.80. The lowest BCUT2D eigenvalue weighted by molar-refractivity contribution is -0.109. The average molecular weight is 361 g/mol. The van der Waals surface area contributed by atoms with E-state index in [4.69, 9.17) is 9.15 Å². The van der Waals surface area contributed by atoms with E-state index in [9.17, 15) is 0 Å². The smallest absolute Gasteiger partial charge is 0.264 e. The van der Waals surface area contributed by atoms with E-state index in [0.29, 0.717) is 30.3 Å². The third kappa shape index (κ3) is 4.35. The zero-order valence-corrected chi connectivity index (χ0v) is 16.7. The number of unbranched alkanes of at least 4 members (excludes halogenated alkanes) is 1. The van der Waals surface area contributed by atoms with Crippen LogP contribution >= 0.6 is 0 Å². The minimum absolute atomic E-state index is 0.267. The average Bonchev–Trinajstić information content (AvgIpc) is 3.20. The van der Waals surface area contributed by atoms with Crippen LogP contribution in [0.25, 0.3) is 11.6 Å². The quantitative estimate of drug-likeness (QED) is 0.752. The molecule has 0 saturated carbocycles. The predicted molar refractivity (Wildman–Crippen MR) is 102 cm³/mol. The fourth-order valence-electron chi connectivity index (χ4n) is 3.48. The molecule has 1 aliphatic rings. The number of aryl methyl sites for hydroxylation is 1.